The molecule has 242 valence electrons. The third-order valence-corrected chi connectivity index (χ3v) is 9.71. The lowest BCUT2D eigenvalue weighted by Gasteiger charge is -2.32. The van der Waals surface area contributed by atoms with Crippen LogP contribution in [0.1, 0.15) is 31.9 Å². The monoisotopic (exact) mass is 681 g/mol. The lowest BCUT2D eigenvalue weighted by molar-refractivity contribution is -0.139. The topological polar surface area (TPSA) is 96.0 Å². The van der Waals surface area contributed by atoms with Crippen LogP contribution in [0.15, 0.2) is 102 Å². The molecular weight excluding hydrogens is 645 g/mol. The Labute approximate surface area is 280 Å². The first-order valence-electron chi connectivity index (χ1n) is 14.8. The van der Waals surface area contributed by atoms with Crippen molar-refractivity contribution in [3.63, 3.8) is 0 Å². The zero-order chi connectivity index (χ0) is 33.4. The molecule has 4 aromatic carbocycles. The molecule has 0 heterocycles. The van der Waals surface area contributed by atoms with Crippen molar-refractivity contribution in [1.82, 2.24) is 10.2 Å². The Morgan fingerprint density at radius 2 is 1.46 bits per heavy atom. The second-order valence-electron chi connectivity index (χ2n) is 11.3. The van der Waals surface area contributed by atoms with Crippen molar-refractivity contribution in [2.75, 3.05) is 17.4 Å². The first-order valence-corrected chi connectivity index (χ1v) is 17.0. The van der Waals surface area contributed by atoms with Crippen molar-refractivity contribution in [1.29, 1.82) is 0 Å². The molecule has 0 radical (unpaired) electrons. The molecule has 0 fully saturated rings. The second kappa shape index (κ2) is 15.5. The molecule has 0 aromatic heterocycles. The molecule has 1 unspecified atom stereocenters. The van der Waals surface area contributed by atoms with E-state index in [0.29, 0.717) is 33.7 Å². The fraction of sp³-hybridized carbons (Fsp3) is 0.257. The average Bonchev–Trinajstić information content (AvgIpc) is 3.03. The maximum absolute atomic E-state index is 14.2. The van der Waals surface area contributed by atoms with E-state index in [1.807, 2.05) is 51.1 Å². The lowest BCUT2D eigenvalue weighted by Crippen LogP contribution is -2.51. The van der Waals surface area contributed by atoms with Crippen LogP contribution in [0.25, 0.3) is 0 Å². The van der Waals surface area contributed by atoms with Gasteiger partial charge in [0.25, 0.3) is 10.0 Å². The van der Waals surface area contributed by atoms with Crippen LogP contribution in [-0.4, -0.2) is 44.3 Å². The molecular formula is C35H37Cl2N3O5S. The fourth-order valence-corrected chi connectivity index (χ4v) is 6.28. The number of sulfonamides is 1. The predicted molar refractivity (Wildman–Crippen MR) is 183 cm³/mol. The van der Waals surface area contributed by atoms with E-state index >= 15 is 0 Å². The number of para-hydroxylation sites is 1. The maximum atomic E-state index is 14.2. The Bertz CT molecular complexity index is 1750. The summed E-state index contributed by atoms with van der Waals surface area (Å²) in [5.41, 5.74) is 1.76. The molecule has 8 nitrogen and oxygen atoms in total. The number of hydrogen-bond donors (Lipinski definition) is 1. The summed E-state index contributed by atoms with van der Waals surface area (Å²) in [4.78, 5) is 28.7. The number of rotatable bonds is 13. The van der Waals surface area contributed by atoms with Crippen LogP contribution >= 0.6 is 23.2 Å². The minimum Gasteiger partial charge on any atom is -0.457 e. The highest BCUT2D eigenvalue weighted by Crippen LogP contribution is 2.29. The van der Waals surface area contributed by atoms with Gasteiger partial charge in [-0.15, -0.1) is 0 Å². The van der Waals surface area contributed by atoms with Crippen molar-refractivity contribution in [2.24, 2.45) is 5.92 Å². The standard InChI is InChI=1S/C35H37Cl2N3O5S/c1-24(2)21-38-35(42)26(4)39(22-27-12-19-32(36)33(37)20-27)34(41)23-40(46(43,44)31-17-10-25(3)11-18-31)28-13-15-30(16-14-28)45-29-8-6-5-7-9-29/h5-20,24,26H,21-23H2,1-4H3,(H,38,42). The summed E-state index contributed by atoms with van der Waals surface area (Å²) in [6, 6.07) is 26.0. The second-order valence-corrected chi connectivity index (χ2v) is 14.0. The zero-order valence-electron chi connectivity index (χ0n) is 26.1. The Balaban J connectivity index is 1.70. The first-order chi connectivity index (χ1) is 21.8. The summed E-state index contributed by atoms with van der Waals surface area (Å²) in [6.07, 6.45) is 0. The zero-order valence-corrected chi connectivity index (χ0v) is 28.4. The largest absolute Gasteiger partial charge is 0.457 e. The number of amides is 2. The molecule has 4 rings (SSSR count). The molecule has 4 aromatic rings. The third kappa shape index (κ3) is 9.02. The van der Waals surface area contributed by atoms with Gasteiger partial charge >= 0.3 is 0 Å². The third-order valence-electron chi connectivity index (χ3n) is 7.18. The van der Waals surface area contributed by atoms with Gasteiger partial charge in [0.05, 0.1) is 20.6 Å². The van der Waals surface area contributed by atoms with Crippen LogP contribution in [0.5, 0.6) is 11.5 Å². The Kier molecular flexibility index (Phi) is 11.7. The number of ether oxygens (including phenoxy) is 1. The van der Waals surface area contributed by atoms with Gasteiger partial charge in [-0.05, 0) is 86.0 Å². The number of hydrogen-bond acceptors (Lipinski definition) is 5. The number of aryl methyl sites for hydroxylation is 1. The van der Waals surface area contributed by atoms with E-state index in [2.05, 4.69) is 5.32 Å². The van der Waals surface area contributed by atoms with Gasteiger partial charge in [-0.3, -0.25) is 13.9 Å². The highest BCUT2D eigenvalue weighted by molar-refractivity contribution is 7.92. The van der Waals surface area contributed by atoms with Gasteiger partial charge in [-0.25, -0.2) is 8.42 Å². The van der Waals surface area contributed by atoms with Gasteiger partial charge in [0.15, 0.2) is 0 Å². The van der Waals surface area contributed by atoms with E-state index in [4.69, 9.17) is 27.9 Å². The molecule has 11 heteroatoms. The molecule has 0 saturated heterocycles. The normalized spacial score (nSPS) is 12.0. The minimum atomic E-state index is -4.22. The van der Waals surface area contributed by atoms with Gasteiger partial charge in [-0.1, -0.05) is 79.0 Å². The number of nitrogens with zero attached hydrogens (tertiary/aromatic N) is 2. The van der Waals surface area contributed by atoms with Gasteiger partial charge in [0.2, 0.25) is 11.8 Å². The number of anilines is 1. The van der Waals surface area contributed by atoms with E-state index in [1.165, 1.54) is 17.0 Å². The Morgan fingerprint density at radius 3 is 2.07 bits per heavy atom. The molecule has 46 heavy (non-hydrogen) atoms. The summed E-state index contributed by atoms with van der Waals surface area (Å²) < 4.78 is 35.2. The van der Waals surface area contributed by atoms with Crippen LogP contribution in [0.4, 0.5) is 5.69 Å². The van der Waals surface area contributed by atoms with Crippen LogP contribution in [0.3, 0.4) is 0 Å². The fourth-order valence-electron chi connectivity index (χ4n) is 4.54. The van der Waals surface area contributed by atoms with Crippen LogP contribution in [-0.2, 0) is 26.2 Å². The summed E-state index contributed by atoms with van der Waals surface area (Å²) in [6.45, 7) is 7.24. The molecule has 0 aliphatic rings. The van der Waals surface area contributed by atoms with Crippen molar-refractivity contribution >= 4 is 50.7 Å². The quantitative estimate of drug-likeness (QED) is 0.158. The van der Waals surface area contributed by atoms with Gasteiger partial charge in [0, 0.05) is 13.1 Å². The van der Waals surface area contributed by atoms with E-state index < -0.39 is 28.5 Å². The number of halogens is 2. The predicted octanol–water partition coefficient (Wildman–Crippen LogP) is 7.48. The Morgan fingerprint density at radius 1 is 0.826 bits per heavy atom. The molecule has 2 amide bonds. The summed E-state index contributed by atoms with van der Waals surface area (Å²) in [5, 5.41) is 3.51. The highest BCUT2D eigenvalue weighted by atomic mass is 35.5. The summed E-state index contributed by atoms with van der Waals surface area (Å²) in [7, 11) is -4.22. The number of nitrogens with one attached hydrogen (secondary N) is 1. The van der Waals surface area contributed by atoms with Crippen LogP contribution < -0.4 is 14.4 Å². The summed E-state index contributed by atoms with van der Waals surface area (Å²) in [5.74, 6) is 0.360. The minimum absolute atomic E-state index is 0.00569. The first kappa shape index (κ1) is 34.8. The van der Waals surface area contributed by atoms with Gasteiger partial charge < -0.3 is 15.0 Å². The number of carbonyl (C=O) groups is 2. The van der Waals surface area contributed by atoms with Crippen molar-refractivity contribution in [3.05, 3.63) is 118 Å². The van der Waals surface area contributed by atoms with E-state index in [-0.39, 0.29) is 29.0 Å². The molecule has 0 aliphatic carbocycles. The molecule has 1 atom stereocenters. The maximum Gasteiger partial charge on any atom is 0.264 e. The molecule has 0 bridgehead atoms. The van der Waals surface area contributed by atoms with Crippen molar-refractivity contribution < 1.29 is 22.7 Å². The lowest BCUT2D eigenvalue weighted by atomic mass is 10.1. The van der Waals surface area contributed by atoms with E-state index in [9.17, 15) is 18.0 Å². The summed E-state index contributed by atoms with van der Waals surface area (Å²) >= 11 is 12.4. The van der Waals surface area contributed by atoms with Crippen molar-refractivity contribution in [2.45, 2.75) is 45.2 Å². The van der Waals surface area contributed by atoms with E-state index in [1.54, 1.807) is 61.5 Å². The van der Waals surface area contributed by atoms with Crippen molar-refractivity contribution in [3.8, 4) is 11.5 Å². The van der Waals surface area contributed by atoms with Crippen LogP contribution in [0, 0.1) is 12.8 Å². The number of benzene rings is 4. The van der Waals surface area contributed by atoms with Crippen LogP contribution in [0.2, 0.25) is 10.0 Å². The SMILES string of the molecule is Cc1ccc(S(=O)(=O)N(CC(=O)N(Cc2ccc(Cl)c(Cl)c2)C(C)C(=O)NCC(C)C)c2ccc(Oc3ccccc3)cc2)cc1. The highest BCUT2D eigenvalue weighted by Gasteiger charge is 2.32. The molecule has 1 N–H and O–H groups in total. The average molecular weight is 683 g/mol. The molecule has 0 aliphatic heterocycles. The number of carbonyl (C=O) groups excluding carboxylic acids is 2. The molecule has 0 spiro atoms. The Hall–Kier alpha value is -4.05. The smallest absolute Gasteiger partial charge is 0.264 e. The van der Waals surface area contributed by atoms with Gasteiger partial charge in [-0.2, -0.15) is 0 Å². The van der Waals surface area contributed by atoms with E-state index in [0.717, 1.165) is 9.87 Å². The van der Waals surface area contributed by atoms with Gasteiger partial charge in [0.1, 0.15) is 24.1 Å². The molecule has 0 saturated carbocycles.